The van der Waals surface area contributed by atoms with E-state index in [9.17, 15) is 0 Å². The monoisotopic (exact) mass is 226 g/mol. The lowest BCUT2D eigenvalue weighted by Gasteiger charge is -2.48. The third-order valence-corrected chi connectivity index (χ3v) is 3.95. The first kappa shape index (κ1) is 14.0. The predicted molar refractivity (Wildman–Crippen MR) is 71.8 cm³/mol. The Morgan fingerprint density at radius 1 is 1.31 bits per heavy atom. The van der Waals surface area contributed by atoms with Gasteiger partial charge in [-0.3, -0.25) is 4.90 Å². The quantitative estimate of drug-likeness (QED) is 0.793. The Labute approximate surface area is 102 Å². The smallest absolute Gasteiger partial charge is 0.0278 e. The van der Waals surface area contributed by atoms with E-state index in [1.54, 1.807) is 0 Å². The van der Waals surface area contributed by atoms with Gasteiger partial charge in [0.25, 0.3) is 0 Å². The van der Waals surface area contributed by atoms with Crippen molar-refractivity contribution in [2.75, 3.05) is 13.1 Å². The number of nitrogens with one attached hydrogen (secondary N) is 1. The second-order valence-corrected chi connectivity index (χ2v) is 6.34. The highest BCUT2D eigenvalue weighted by atomic mass is 15.3. The fourth-order valence-electron chi connectivity index (χ4n) is 2.67. The highest BCUT2D eigenvalue weighted by molar-refractivity contribution is 4.95. The minimum absolute atomic E-state index is 0.317. The standard InChI is InChI=1S/C14H30N2/c1-7-14(6)10-16(12(4)5)13(9-15-14)8-11(2)3/h11-13,15H,7-10H2,1-6H3. The van der Waals surface area contributed by atoms with E-state index < -0.39 is 0 Å². The maximum Gasteiger partial charge on any atom is 0.0278 e. The maximum atomic E-state index is 3.74. The minimum atomic E-state index is 0.317. The van der Waals surface area contributed by atoms with Crippen molar-refractivity contribution in [3.63, 3.8) is 0 Å². The van der Waals surface area contributed by atoms with Crippen LogP contribution < -0.4 is 5.32 Å². The zero-order valence-electron chi connectivity index (χ0n) is 12.0. The Balaban J connectivity index is 2.67. The highest BCUT2D eigenvalue weighted by Crippen LogP contribution is 2.24. The van der Waals surface area contributed by atoms with Crippen molar-refractivity contribution in [2.24, 2.45) is 5.92 Å². The number of piperazine rings is 1. The average molecular weight is 226 g/mol. The lowest BCUT2D eigenvalue weighted by molar-refractivity contribution is 0.0478. The average Bonchev–Trinajstić information content (AvgIpc) is 2.20. The van der Waals surface area contributed by atoms with Gasteiger partial charge in [0.1, 0.15) is 0 Å². The maximum absolute atomic E-state index is 3.74. The van der Waals surface area contributed by atoms with Gasteiger partial charge < -0.3 is 5.32 Å². The molecule has 1 saturated heterocycles. The van der Waals surface area contributed by atoms with Gasteiger partial charge in [0, 0.05) is 30.7 Å². The molecule has 0 radical (unpaired) electrons. The van der Waals surface area contributed by atoms with Crippen molar-refractivity contribution >= 4 is 0 Å². The molecule has 1 heterocycles. The molecule has 0 aliphatic carbocycles. The topological polar surface area (TPSA) is 15.3 Å². The first-order chi connectivity index (χ1) is 7.38. The van der Waals surface area contributed by atoms with Crippen molar-refractivity contribution in [2.45, 2.75) is 72.0 Å². The van der Waals surface area contributed by atoms with E-state index in [0.29, 0.717) is 11.6 Å². The third-order valence-electron chi connectivity index (χ3n) is 3.95. The lowest BCUT2D eigenvalue weighted by Crippen LogP contribution is -2.64. The number of nitrogens with zero attached hydrogens (tertiary/aromatic N) is 1. The molecule has 0 bridgehead atoms. The molecule has 2 atom stereocenters. The molecule has 1 fully saturated rings. The van der Waals surface area contributed by atoms with Gasteiger partial charge in [0.05, 0.1) is 0 Å². The molecular weight excluding hydrogens is 196 g/mol. The summed E-state index contributed by atoms with van der Waals surface area (Å²) in [6.07, 6.45) is 2.52. The zero-order chi connectivity index (χ0) is 12.3. The van der Waals surface area contributed by atoms with E-state index in [0.717, 1.165) is 18.5 Å². The Morgan fingerprint density at radius 2 is 1.94 bits per heavy atom. The number of hydrogen-bond donors (Lipinski definition) is 1. The van der Waals surface area contributed by atoms with Crippen LogP contribution in [0.1, 0.15) is 54.4 Å². The van der Waals surface area contributed by atoms with Gasteiger partial charge in [0.2, 0.25) is 0 Å². The van der Waals surface area contributed by atoms with Crippen LogP contribution in [0.5, 0.6) is 0 Å². The summed E-state index contributed by atoms with van der Waals surface area (Å²) in [5, 5.41) is 3.74. The molecule has 1 N–H and O–H groups in total. The molecule has 0 saturated carbocycles. The Bertz CT molecular complexity index is 213. The van der Waals surface area contributed by atoms with Crippen LogP contribution in [-0.2, 0) is 0 Å². The molecule has 0 aromatic carbocycles. The van der Waals surface area contributed by atoms with Crippen LogP contribution >= 0.6 is 0 Å². The molecule has 0 aromatic heterocycles. The molecule has 2 heteroatoms. The van der Waals surface area contributed by atoms with Gasteiger partial charge in [0.15, 0.2) is 0 Å². The van der Waals surface area contributed by atoms with E-state index in [-0.39, 0.29) is 0 Å². The molecule has 0 amide bonds. The van der Waals surface area contributed by atoms with E-state index in [1.165, 1.54) is 19.4 Å². The summed E-state index contributed by atoms with van der Waals surface area (Å²) < 4.78 is 0. The van der Waals surface area contributed by atoms with Gasteiger partial charge in [-0.1, -0.05) is 20.8 Å². The normalized spacial score (nSPS) is 32.6. The molecule has 1 aliphatic heterocycles. The lowest BCUT2D eigenvalue weighted by atomic mass is 9.90. The number of rotatable bonds is 4. The molecule has 2 unspecified atom stereocenters. The molecule has 96 valence electrons. The summed E-state index contributed by atoms with van der Waals surface area (Å²) in [6.45, 7) is 16.3. The molecule has 1 rings (SSSR count). The fraction of sp³-hybridized carbons (Fsp3) is 1.00. The van der Waals surface area contributed by atoms with Crippen molar-refractivity contribution in [1.82, 2.24) is 10.2 Å². The Kier molecular flexibility index (Phi) is 4.81. The molecule has 0 spiro atoms. The summed E-state index contributed by atoms with van der Waals surface area (Å²) in [6, 6.07) is 1.39. The van der Waals surface area contributed by atoms with Crippen molar-refractivity contribution in [3.8, 4) is 0 Å². The van der Waals surface area contributed by atoms with Crippen LogP contribution in [0.2, 0.25) is 0 Å². The fourth-order valence-corrected chi connectivity index (χ4v) is 2.67. The van der Waals surface area contributed by atoms with E-state index in [4.69, 9.17) is 0 Å². The van der Waals surface area contributed by atoms with Gasteiger partial charge in [-0.15, -0.1) is 0 Å². The van der Waals surface area contributed by atoms with Gasteiger partial charge in [-0.05, 0) is 39.5 Å². The molecule has 2 nitrogen and oxygen atoms in total. The van der Waals surface area contributed by atoms with Gasteiger partial charge >= 0.3 is 0 Å². The zero-order valence-corrected chi connectivity index (χ0v) is 12.0. The van der Waals surface area contributed by atoms with Crippen LogP contribution in [0.25, 0.3) is 0 Å². The highest BCUT2D eigenvalue weighted by Gasteiger charge is 2.35. The van der Waals surface area contributed by atoms with Crippen molar-refractivity contribution in [1.29, 1.82) is 0 Å². The summed E-state index contributed by atoms with van der Waals surface area (Å²) in [7, 11) is 0. The first-order valence-corrected chi connectivity index (χ1v) is 6.88. The van der Waals surface area contributed by atoms with Gasteiger partial charge in [-0.25, -0.2) is 0 Å². The van der Waals surface area contributed by atoms with Gasteiger partial charge in [-0.2, -0.15) is 0 Å². The van der Waals surface area contributed by atoms with Crippen LogP contribution in [0.15, 0.2) is 0 Å². The van der Waals surface area contributed by atoms with Crippen molar-refractivity contribution < 1.29 is 0 Å². The predicted octanol–water partition coefficient (Wildman–Crippen LogP) is 2.88. The molecule has 0 aromatic rings. The van der Waals surface area contributed by atoms with Crippen LogP contribution in [0.3, 0.4) is 0 Å². The van der Waals surface area contributed by atoms with Crippen LogP contribution in [0, 0.1) is 5.92 Å². The Hall–Kier alpha value is -0.0800. The SMILES string of the molecule is CCC1(C)CN(C(C)C)C(CC(C)C)CN1. The number of hydrogen-bond acceptors (Lipinski definition) is 2. The summed E-state index contributed by atoms with van der Waals surface area (Å²) in [5.41, 5.74) is 0.317. The molecule has 1 aliphatic rings. The Morgan fingerprint density at radius 3 is 2.38 bits per heavy atom. The summed E-state index contributed by atoms with van der Waals surface area (Å²) in [5.74, 6) is 0.791. The van der Waals surface area contributed by atoms with E-state index in [2.05, 4.69) is 51.8 Å². The second kappa shape index (κ2) is 5.50. The van der Waals surface area contributed by atoms with Crippen molar-refractivity contribution in [3.05, 3.63) is 0 Å². The summed E-state index contributed by atoms with van der Waals surface area (Å²) in [4.78, 5) is 2.69. The van der Waals surface area contributed by atoms with Crippen LogP contribution in [-0.4, -0.2) is 35.6 Å². The first-order valence-electron chi connectivity index (χ1n) is 6.88. The molecule has 16 heavy (non-hydrogen) atoms. The largest absolute Gasteiger partial charge is 0.309 e. The second-order valence-electron chi connectivity index (χ2n) is 6.34. The third kappa shape index (κ3) is 3.46. The van der Waals surface area contributed by atoms with Crippen LogP contribution in [0.4, 0.5) is 0 Å². The van der Waals surface area contributed by atoms with E-state index in [1.807, 2.05) is 0 Å². The summed E-state index contributed by atoms with van der Waals surface area (Å²) >= 11 is 0. The van der Waals surface area contributed by atoms with E-state index >= 15 is 0 Å². The minimum Gasteiger partial charge on any atom is -0.309 e. The molecular formula is C14H30N2.